The Labute approximate surface area is 96.7 Å². The predicted octanol–water partition coefficient (Wildman–Crippen LogP) is 2.20. The standard InChI is InChI=1S/C13H19N3/c1-2-4-10(5-3-1)6-12-11-7-14-8-13(11)16-9-15-12/h9-10,14H,1-8H2. The third-order valence-corrected chi connectivity index (χ3v) is 3.92. The van der Waals surface area contributed by atoms with Gasteiger partial charge < -0.3 is 5.32 Å². The van der Waals surface area contributed by atoms with Crippen LogP contribution in [0.15, 0.2) is 6.33 Å². The molecule has 2 aliphatic rings. The fourth-order valence-electron chi connectivity index (χ4n) is 2.99. The molecule has 0 amide bonds. The summed E-state index contributed by atoms with van der Waals surface area (Å²) in [6, 6.07) is 0. The van der Waals surface area contributed by atoms with Crippen LogP contribution >= 0.6 is 0 Å². The molecule has 2 heterocycles. The van der Waals surface area contributed by atoms with Crippen molar-refractivity contribution in [2.75, 3.05) is 0 Å². The lowest BCUT2D eigenvalue weighted by Crippen LogP contribution is -2.12. The maximum atomic E-state index is 4.49. The Balaban J connectivity index is 1.76. The number of nitrogens with zero attached hydrogens (tertiary/aromatic N) is 2. The van der Waals surface area contributed by atoms with E-state index in [2.05, 4.69) is 15.3 Å². The summed E-state index contributed by atoms with van der Waals surface area (Å²) in [5.74, 6) is 0.869. The first kappa shape index (κ1) is 10.2. The number of rotatable bonds is 2. The summed E-state index contributed by atoms with van der Waals surface area (Å²) >= 11 is 0. The van der Waals surface area contributed by atoms with Gasteiger partial charge in [0.2, 0.25) is 0 Å². The van der Waals surface area contributed by atoms with E-state index in [0.29, 0.717) is 0 Å². The first-order valence-corrected chi connectivity index (χ1v) is 6.46. The van der Waals surface area contributed by atoms with E-state index < -0.39 is 0 Å². The molecule has 3 rings (SSSR count). The van der Waals surface area contributed by atoms with E-state index in [1.54, 1.807) is 6.33 Å². The van der Waals surface area contributed by atoms with Crippen molar-refractivity contribution in [1.82, 2.24) is 15.3 Å². The molecule has 0 bridgehead atoms. The number of hydrogen-bond donors (Lipinski definition) is 1. The van der Waals surface area contributed by atoms with Gasteiger partial charge in [-0.05, 0) is 12.3 Å². The van der Waals surface area contributed by atoms with E-state index in [-0.39, 0.29) is 0 Å². The van der Waals surface area contributed by atoms with Crippen molar-refractivity contribution in [3.63, 3.8) is 0 Å². The molecule has 86 valence electrons. The van der Waals surface area contributed by atoms with Gasteiger partial charge in [-0.1, -0.05) is 32.1 Å². The molecule has 3 heteroatoms. The zero-order chi connectivity index (χ0) is 10.8. The van der Waals surface area contributed by atoms with Gasteiger partial charge in [-0.2, -0.15) is 0 Å². The van der Waals surface area contributed by atoms with Gasteiger partial charge in [0.05, 0.1) is 5.69 Å². The molecule has 0 atom stereocenters. The fourth-order valence-corrected chi connectivity index (χ4v) is 2.99. The maximum absolute atomic E-state index is 4.49. The summed E-state index contributed by atoms with van der Waals surface area (Å²) in [4.78, 5) is 8.83. The minimum Gasteiger partial charge on any atom is -0.307 e. The van der Waals surface area contributed by atoms with Gasteiger partial charge in [0.25, 0.3) is 0 Å². The molecule has 0 radical (unpaired) electrons. The van der Waals surface area contributed by atoms with Crippen LogP contribution in [0.4, 0.5) is 0 Å². The van der Waals surface area contributed by atoms with Crippen molar-refractivity contribution < 1.29 is 0 Å². The molecule has 0 aromatic carbocycles. The van der Waals surface area contributed by atoms with Crippen LogP contribution in [0.3, 0.4) is 0 Å². The van der Waals surface area contributed by atoms with Crippen molar-refractivity contribution in [3.8, 4) is 0 Å². The van der Waals surface area contributed by atoms with Crippen LogP contribution in [-0.2, 0) is 19.5 Å². The molecule has 0 unspecified atom stereocenters. The fraction of sp³-hybridized carbons (Fsp3) is 0.692. The molecular weight excluding hydrogens is 198 g/mol. The lowest BCUT2D eigenvalue weighted by molar-refractivity contribution is 0.353. The SMILES string of the molecule is c1nc2c(c(CC3CCCCC3)n1)CNC2. The van der Waals surface area contributed by atoms with Gasteiger partial charge in [-0.15, -0.1) is 0 Å². The lowest BCUT2D eigenvalue weighted by Gasteiger charge is -2.21. The first-order valence-electron chi connectivity index (χ1n) is 6.46. The summed E-state index contributed by atoms with van der Waals surface area (Å²) in [5, 5.41) is 3.36. The summed E-state index contributed by atoms with van der Waals surface area (Å²) in [5.41, 5.74) is 3.91. The molecular formula is C13H19N3. The van der Waals surface area contributed by atoms with Crippen LogP contribution in [0, 0.1) is 5.92 Å². The second kappa shape index (κ2) is 4.50. The zero-order valence-electron chi connectivity index (χ0n) is 9.71. The van der Waals surface area contributed by atoms with Crippen molar-refractivity contribution in [1.29, 1.82) is 0 Å². The molecule has 1 aromatic rings. The first-order chi connectivity index (χ1) is 7.93. The number of fused-ring (bicyclic) bond motifs is 1. The molecule has 1 saturated carbocycles. The van der Waals surface area contributed by atoms with Gasteiger partial charge in [0.1, 0.15) is 6.33 Å². The molecule has 3 nitrogen and oxygen atoms in total. The van der Waals surface area contributed by atoms with Crippen LogP contribution in [-0.4, -0.2) is 9.97 Å². The quantitative estimate of drug-likeness (QED) is 0.825. The highest BCUT2D eigenvalue weighted by molar-refractivity contribution is 5.28. The smallest absolute Gasteiger partial charge is 0.116 e. The van der Waals surface area contributed by atoms with E-state index in [1.807, 2.05) is 0 Å². The molecule has 1 fully saturated rings. The average molecular weight is 217 g/mol. The Morgan fingerprint density at radius 1 is 1.12 bits per heavy atom. The summed E-state index contributed by atoms with van der Waals surface area (Å²) in [6.45, 7) is 1.90. The Kier molecular flexibility index (Phi) is 2.87. The van der Waals surface area contributed by atoms with Crippen LogP contribution in [0.25, 0.3) is 0 Å². The zero-order valence-corrected chi connectivity index (χ0v) is 9.71. The van der Waals surface area contributed by atoms with Crippen LogP contribution in [0.1, 0.15) is 49.1 Å². The second-order valence-electron chi connectivity index (χ2n) is 5.06. The molecule has 1 aliphatic carbocycles. The van der Waals surface area contributed by atoms with E-state index in [1.165, 1.54) is 55.5 Å². The molecule has 16 heavy (non-hydrogen) atoms. The maximum Gasteiger partial charge on any atom is 0.116 e. The normalized spacial score (nSPS) is 21.0. The van der Waals surface area contributed by atoms with E-state index >= 15 is 0 Å². The van der Waals surface area contributed by atoms with Crippen LogP contribution < -0.4 is 5.32 Å². The highest BCUT2D eigenvalue weighted by Gasteiger charge is 2.20. The summed E-state index contributed by atoms with van der Waals surface area (Å²) in [6.07, 6.45) is 9.96. The van der Waals surface area contributed by atoms with E-state index in [4.69, 9.17) is 0 Å². The minimum atomic E-state index is 0.869. The largest absolute Gasteiger partial charge is 0.307 e. The topological polar surface area (TPSA) is 37.8 Å². The molecule has 0 spiro atoms. The highest BCUT2D eigenvalue weighted by atomic mass is 15.0. The third-order valence-electron chi connectivity index (χ3n) is 3.92. The molecule has 0 saturated heterocycles. The predicted molar refractivity (Wildman–Crippen MR) is 62.9 cm³/mol. The number of aromatic nitrogens is 2. The minimum absolute atomic E-state index is 0.869. The summed E-state index contributed by atoms with van der Waals surface area (Å²) < 4.78 is 0. The van der Waals surface area contributed by atoms with Crippen LogP contribution in [0.5, 0.6) is 0 Å². The van der Waals surface area contributed by atoms with Crippen molar-refractivity contribution in [2.24, 2.45) is 5.92 Å². The van der Waals surface area contributed by atoms with Crippen molar-refractivity contribution in [3.05, 3.63) is 23.3 Å². The molecule has 1 N–H and O–H groups in total. The van der Waals surface area contributed by atoms with E-state index in [0.717, 1.165) is 19.0 Å². The molecule has 1 aromatic heterocycles. The van der Waals surface area contributed by atoms with Gasteiger partial charge >= 0.3 is 0 Å². The number of hydrogen-bond acceptors (Lipinski definition) is 3. The average Bonchev–Trinajstić information content (AvgIpc) is 2.80. The van der Waals surface area contributed by atoms with Gasteiger partial charge in [0, 0.05) is 24.3 Å². The highest BCUT2D eigenvalue weighted by Crippen LogP contribution is 2.28. The Hall–Kier alpha value is -0.960. The number of nitrogens with one attached hydrogen (secondary N) is 1. The monoisotopic (exact) mass is 217 g/mol. The Morgan fingerprint density at radius 3 is 2.88 bits per heavy atom. The Morgan fingerprint density at radius 2 is 2.00 bits per heavy atom. The van der Waals surface area contributed by atoms with Gasteiger partial charge in [0.15, 0.2) is 0 Å². The lowest BCUT2D eigenvalue weighted by atomic mass is 9.85. The van der Waals surface area contributed by atoms with Crippen LogP contribution in [0.2, 0.25) is 0 Å². The Bertz CT molecular complexity index is 369. The third kappa shape index (κ3) is 1.96. The molecule has 1 aliphatic heterocycles. The van der Waals surface area contributed by atoms with Gasteiger partial charge in [-0.25, -0.2) is 9.97 Å². The van der Waals surface area contributed by atoms with Crippen molar-refractivity contribution in [2.45, 2.75) is 51.6 Å². The second-order valence-corrected chi connectivity index (χ2v) is 5.06. The van der Waals surface area contributed by atoms with Crippen molar-refractivity contribution >= 4 is 0 Å². The van der Waals surface area contributed by atoms with E-state index in [9.17, 15) is 0 Å². The summed E-state index contributed by atoms with van der Waals surface area (Å²) in [7, 11) is 0. The van der Waals surface area contributed by atoms with Gasteiger partial charge in [-0.3, -0.25) is 0 Å².